The van der Waals surface area contributed by atoms with Gasteiger partial charge in [-0.05, 0) is 49.3 Å². The zero-order chi connectivity index (χ0) is 13.5. The van der Waals surface area contributed by atoms with E-state index < -0.39 is 5.60 Å². The number of rotatable bonds is 4. The van der Waals surface area contributed by atoms with Gasteiger partial charge in [-0.15, -0.1) is 0 Å². The fraction of sp³-hybridized carbons (Fsp3) is 0.533. The van der Waals surface area contributed by atoms with Crippen LogP contribution in [0.15, 0.2) is 24.3 Å². The number of aliphatic hydroxyl groups is 1. The molecular weight excluding hydrogens is 262 g/mol. The van der Waals surface area contributed by atoms with Gasteiger partial charge in [0.1, 0.15) is 0 Å². The molecule has 2 N–H and O–H groups in total. The van der Waals surface area contributed by atoms with Gasteiger partial charge in [0.25, 0.3) is 0 Å². The van der Waals surface area contributed by atoms with Gasteiger partial charge >= 0.3 is 0 Å². The molecule has 2 fully saturated rings. The van der Waals surface area contributed by atoms with Crippen molar-refractivity contribution in [3.63, 3.8) is 0 Å². The van der Waals surface area contributed by atoms with Crippen molar-refractivity contribution in [2.75, 3.05) is 6.54 Å². The number of hydrogen-bond acceptors (Lipinski definition) is 2. The van der Waals surface area contributed by atoms with Crippen LogP contribution in [0.4, 0.5) is 0 Å². The average Bonchev–Trinajstić information content (AvgIpc) is 3.15. The molecule has 0 saturated heterocycles. The maximum Gasteiger partial charge on any atom is 0.223 e. The second-order valence-electron chi connectivity index (χ2n) is 5.80. The highest BCUT2D eigenvalue weighted by atomic mass is 35.5. The van der Waals surface area contributed by atoms with E-state index in [-0.39, 0.29) is 11.8 Å². The first-order chi connectivity index (χ1) is 9.07. The summed E-state index contributed by atoms with van der Waals surface area (Å²) in [6.07, 6.45) is 3.56. The average molecular weight is 280 g/mol. The molecular formula is C15H18ClNO2. The van der Waals surface area contributed by atoms with Crippen LogP contribution in [0.2, 0.25) is 5.02 Å². The molecule has 1 aromatic rings. The molecule has 3 nitrogen and oxygen atoms in total. The van der Waals surface area contributed by atoms with Crippen LogP contribution in [0.3, 0.4) is 0 Å². The number of amides is 1. The summed E-state index contributed by atoms with van der Waals surface area (Å²) in [5.41, 5.74) is 0.534. The van der Waals surface area contributed by atoms with E-state index in [1.165, 1.54) is 5.56 Å². The van der Waals surface area contributed by atoms with Crippen LogP contribution in [0.25, 0.3) is 0 Å². The second-order valence-corrected chi connectivity index (χ2v) is 6.23. The molecule has 0 aromatic heterocycles. The maximum atomic E-state index is 12.0. The van der Waals surface area contributed by atoms with Crippen molar-refractivity contribution in [1.29, 1.82) is 0 Å². The normalized spacial score (nSPS) is 27.5. The molecule has 0 spiro atoms. The number of carbonyl (C=O) groups is 1. The highest BCUT2D eigenvalue weighted by Crippen LogP contribution is 2.47. The quantitative estimate of drug-likeness (QED) is 0.890. The van der Waals surface area contributed by atoms with E-state index in [4.69, 9.17) is 11.6 Å². The third-order valence-electron chi connectivity index (χ3n) is 4.30. The van der Waals surface area contributed by atoms with Crippen molar-refractivity contribution in [2.24, 2.45) is 5.92 Å². The minimum Gasteiger partial charge on any atom is -0.388 e. The van der Waals surface area contributed by atoms with Gasteiger partial charge < -0.3 is 10.4 Å². The molecule has 4 heteroatoms. The Hall–Kier alpha value is -1.06. The van der Waals surface area contributed by atoms with Crippen LogP contribution >= 0.6 is 11.6 Å². The number of carbonyl (C=O) groups excluding carboxylic acids is 1. The molecule has 0 radical (unpaired) electrons. The van der Waals surface area contributed by atoms with Gasteiger partial charge in [-0.3, -0.25) is 4.79 Å². The molecule has 2 atom stereocenters. The fourth-order valence-corrected chi connectivity index (χ4v) is 2.83. The SMILES string of the molecule is O=C(NCC1(O)CCC1)C1CC1c1ccc(Cl)cc1. The number of benzene rings is 1. The molecule has 1 aromatic carbocycles. The van der Waals surface area contributed by atoms with Crippen LogP contribution in [0.1, 0.15) is 37.2 Å². The van der Waals surface area contributed by atoms with Gasteiger partial charge in [-0.1, -0.05) is 23.7 Å². The maximum absolute atomic E-state index is 12.0. The van der Waals surface area contributed by atoms with Gasteiger partial charge in [0.05, 0.1) is 5.60 Å². The molecule has 2 saturated carbocycles. The minimum absolute atomic E-state index is 0.0600. The first-order valence-electron chi connectivity index (χ1n) is 6.83. The van der Waals surface area contributed by atoms with E-state index in [9.17, 15) is 9.90 Å². The molecule has 0 aliphatic heterocycles. The van der Waals surface area contributed by atoms with Crippen molar-refractivity contribution in [3.8, 4) is 0 Å². The molecule has 19 heavy (non-hydrogen) atoms. The van der Waals surface area contributed by atoms with E-state index in [2.05, 4.69) is 5.32 Å². The summed E-state index contributed by atoms with van der Waals surface area (Å²) in [6, 6.07) is 7.70. The molecule has 1 amide bonds. The Morgan fingerprint density at radius 3 is 2.63 bits per heavy atom. The Morgan fingerprint density at radius 1 is 1.37 bits per heavy atom. The van der Waals surface area contributed by atoms with Gasteiger partial charge in [0.2, 0.25) is 5.91 Å². The van der Waals surface area contributed by atoms with Gasteiger partial charge in [0, 0.05) is 17.5 Å². The Bertz CT molecular complexity index is 481. The van der Waals surface area contributed by atoms with Crippen molar-refractivity contribution >= 4 is 17.5 Å². The fourth-order valence-electron chi connectivity index (χ4n) is 2.71. The Labute approximate surface area is 118 Å². The zero-order valence-electron chi connectivity index (χ0n) is 10.7. The van der Waals surface area contributed by atoms with Crippen LogP contribution in [-0.4, -0.2) is 23.2 Å². The zero-order valence-corrected chi connectivity index (χ0v) is 11.5. The highest BCUT2D eigenvalue weighted by Gasteiger charge is 2.44. The molecule has 2 unspecified atom stereocenters. The summed E-state index contributed by atoms with van der Waals surface area (Å²) in [4.78, 5) is 12.0. The van der Waals surface area contributed by atoms with E-state index in [0.29, 0.717) is 12.5 Å². The van der Waals surface area contributed by atoms with E-state index in [0.717, 1.165) is 30.7 Å². The smallest absolute Gasteiger partial charge is 0.223 e. The van der Waals surface area contributed by atoms with Crippen molar-refractivity contribution in [2.45, 2.75) is 37.2 Å². The summed E-state index contributed by atoms with van der Waals surface area (Å²) in [7, 11) is 0. The van der Waals surface area contributed by atoms with Crippen molar-refractivity contribution in [3.05, 3.63) is 34.9 Å². The monoisotopic (exact) mass is 279 g/mol. The second kappa shape index (κ2) is 4.80. The van der Waals surface area contributed by atoms with Gasteiger partial charge in [-0.25, -0.2) is 0 Å². The number of hydrogen-bond donors (Lipinski definition) is 2. The van der Waals surface area contributed by atoms with Crippen LogP contribution < -0.4 is 5.32 Å². The van der Waals surface area contributed by atoms with Crippen molar-refractivity contribution < 1.29 is 9.90 Å². The minimum atomic E-state index is -0.639. The third-order valence-corrected chi connectivity index (χ3v) is 4.55. The van der Waals surface area contributed by atoms with Crippen LogP contribution in [0.5, 0.6) is 0 Å². The summed E-state index contributed by atoms with van der Waals surface area (Å²) in [5, 5.41) is 13.5. The summed E-state index contributed by atoms with van der Waals surface area (Å²) < 4.78 is 0. The lowest BCUT2D eigenvalue weighted by atomic mass is 9.80. The lowest BCUT2D eigenvalue weighted by molar-refractivity contribution is -0.124. The molecule has 2 aliphatic rings. The standard InChI is InChI=1S/C15H18ClNO2/c16-11-4-2-10(3-5-11)12-8-13(12)14(18)17-9-15(19)6-1-7-15/h2-5,12-13,19H,1,6-9H2,(H,17,18). The summed E-state index contributed by atoms with van der Waals surface area (Å²) >= 11 is 5.85. The number of nitrogens with one attached hydrogen (secondary N) is 1. The van der Waals surface area contributed by atoms with Gasteiger partial charge in [-0.2, -0.15) is 0 Å². The highest BCUT2D eigenvalue weighted by molar-refractivity contribution is 6.30. The number of halogens is 1. The van der Waals surface area contributed by atoms with E-state index >= 15 is 0 Å². The Kier molecular flexibility index (Phi) is 3.27. The van der Waals surface area contributed by atoms with E-state index in [1.54, 1.807) is 0 Å². The third kappa shape index (κ3) is 2.77. The Morgan fingerprint density at radius 2 is 2.05 bits per heavy atom. The topological polar surface area (TPSA) is 49.3 Å². The van der Waals surface area contributed by atoms with Crippen molar-refractivity contribution in [1.82, 2.24) is 5.32 Å². The predicted molar refractivity (Wildman–Crippen MR) is 74.1 cm³/mol. The lowest BCUT2D eigenvalue weighted by Crippen LogP contribution is -2.48. The molecule has 0 bridgehead atoms. The summed E-state index contributed by atoms with van der Waals surface area (Å²) in [5.74, 6) is 0.443. The lowest BCUT2D eigenvalue weighted by Gasteiger charge is -2.36. The van der Waals surface area contributed by atoms with E-state index in [1.807, 2.05) is 24.3 Å². The first kappa shape index (κ1) is 12.9. The molecule has 0 heterocycles. The van der Waals surface area contributed by atoms with Crippen LogP contribution in [-0.2, 0) is 4.79 Å². The molecule has 102 valence electrons. The van der Waals surface area contributed by atoms with Gasteiger partial charge in [0.15, 0.2) is 0 Å². The molecule has 2 aliphatic carbocycles. The molecule has 3 rings (SSSR count). The van der Waals surface area contributed by atoms with Crippen LogP contribution in [0, 0.1) is 5.92 Å². The Balaban J connectivity index is 1.51. The first-order valence-corrected chi connectivity index (χ1v) is 7.21. The summed E-state index contributed by atoms with van der Waals surface area (Å²) in [6.45, 7) is 0.398. The largest absolute Gasteiger partial charge is 0.388 e. The predicted octanol–water partition coefficient (Wildman–Crippen LogP) is 2.47.